The number of anilines is 2. The van der Waals surface area contributed by atoms with Crippen LogP contribution in [0, 0.1) is 0 Å². The molecule has 0 amide bonds. The Hall–Kier alpha value is -3.74. The van der Waals surface area contributed by atoms with Gasteiger partial charge in [-0.25, -0.2) is 0 Å². The molecule has 0 fully saturated rings. The Morgan fingerprint density at radius 3 is 1.39 bits per heavy atom. The molecule has 6 nitrogen and oxygen atoms in total. The van der Waals surface area contributed by atoms with E-state index in [1.54, 1.807) is 0 Å². The summed E-state index contributed by atoms with van der Waals surface area (Å²) in [4.78, 5) is 19.8. The van der Waals surface area contributed by atoms with Crippen LogP contribution >= 0.6 is 0 Å². The number of benzene rings is 3. The molecule has 0 aliphatic carbocycles. The molecule has 0 saturated heterocycles. The molecule has 3 aromatic rings. The summed E-state index contributed by atoms with van der Waals surface area (Å²) in [6.07, 6.45) is 5.21. The molecular formula is C30H36N2O4. The highest BCUT2D eigenvalue weighted by Gasteiger charge is 2.04. The van der Waals surface area contributed by atoms with Gasteiger partial charge in [-0.3, -0.25) is 0 Å². The van der Waals surface area contributed by atoms with E-state index >= 15 is 0 Å². The van der Waals surface area contributed by atoms with Crippen molar-refractivity contribution in [3.8, 4) is 0 Å². The van der Waals surface area contributed by atoms with Crippen LogP contribution in [-0.2, 0) is 45.5 Å². The lowest BCUT2D eigenvalue weighted by molar-refractivity contribution is -0.238. The van der Waals surface area contributed by atoms with Gasteiger partial charge in [0.15, 0.2) is 0 Å². The van der Waals surface area contributed by atoms with Gasteiger partial charge in [0.25, 0.3) is 0 Å². The summed E-state index contributed by atoms with van der Waals surface area (Å²) < 4.78 is 0. The van der Waals surface area contributed by atoms with Crippen LogP contribution in [0.3, 0.4) is 0 Å². The second kappa shape index (κ2) is 14.6. The fraction of sp³-hybridized carbons (Fsp3) is 0.267. The zero-order valence-corrected chi connectivity index (χ0v) is 21.5. The van der Waals surface area contributed by atoms with Gasteiger partial charge in [0.1, 0.15) is 11.5 Å². The minimum absolute atomic E-state index is 0.696. The van der Waals surface area contributed by atoms with Crippen LogP contribution in [0.15, 0.2) is 96.5 Å². The fourth-order valence-electron chi connectivity index (χ4n) is 3.71. The largest absolute Gasteiger partial charge is 0.381 e. The van der Waals surface area contributed by atoms with E-state index in [0.717, 1.165) is 47.1 Å². The fourth-order valence-corrected chi connectivity index (χ4v) is 3.71. The molecule has 0 spiro atoms. The Kier molecular flexibility index (Phi) is 10.9. The van der Waals surface area contributed by atoms with Crippen LogP contribution in [0.2, 0.25) is 0 Å². The van der Waals surface area contributed by atoms with Gasteiger partial charge in [0, 0.05) is 37.3 Å². The van der Waals surface area contributed by atoms with Crippen molar-refractivity contribution in [1.82, 2.24) is 0 Å². The van der Waals surface area contributed by atoms with Gasteiger partial charge in [-0.2, -0.15) is 9.78 Å². The van der Waals surface area contributed by atoms with E-state index in [-0.39, 0.29) is 0 Å². The smallest absolute Gasteiger partial charge is 0.142 e. The average molecular weight is 489 g/mol. The third kappa shape index (κ3) is 8.80. The molecule has 0 bridgehead atoms. The Morgan fingerprint density at radius 2 is 1.03 bits per heavy atom. The van der Waals surface area contributed by atoms with E-state index in [9.17, 15) is 0 Å². The molecule has 0 saturated carbocycles. The summed E-state index contributed by atoms with van der Waals surface area (Å²) >= 11 is 0. The van der Waals surface area contributed by atoms with Crippen LogP contribution in [0.5, 0.6) is 0 Å². The van der Waals surface area contributed by atoms with E-state index in [1.807, 2.05) is 26.0 Å². The number of hydrogen-bond donors (Lipinski definition) is 2. The number of allylic oxidation sites excluding steroid dienone is 4. The maximum atomic E-state index is 5.15. The highest BCUT2D eigenvalue weighted by molar-refractivity contribution is 5.47. The summed E-state index contributed by atoms with van der Waals surface area (Å²) in [5.74, 6) is 1.58. The Balaban J connectivity index is 1.49. The van der Waals surface area contributed by atoms with Crippen molar-refractivity contribution in [2.24, 2.45) is 0 Å². The number of nitrogens with one attached hydrogen (secondary N) is 2. The van der Waals surface area contributed by atoms with Crippen molar-refractivity contribution in [3.05, 3.63) is 119 Å². The second-order valence-corrected chi connectivity index (χ2v) is 8.28. The van der Waals surface area contributed by atoms with Crippen LogP contribution in [0.25, 0.3) is 0 Å². The van der Waals surface area contributed by atoms with E-state index in [2.05, 4.69) is 83.4 Å². The zero-order valence-electron chi connectivity index (χ0n) is 21.5. The third-order valence-electron chi connectivity index (χ3n) is 5.67. The van der Waals surface area contributed by atoms with Crippen molar-refractivity contribution >= 4 is 11.4 Å². The lowest BCUT2D eigenvalue weighted by Crippen LogP contribution is -2.03. The van der Waals surface area contributed by atoms with Crippen LogP contribution in [0.1, 0.15) is 36.1 Å². The van der Waals surface area contributed by atoms with Gasteiger partial charge >= 0.3 is 0 Å². The predicted molar refractivity (Wildman–Crippen MR) is 145 cm³/mol. The standard InChI is InChI=1S/C30H36N2O4/c1-5-29(35-33-3)19-23-10-14-27(15-11-23)31-21-25-8-7-9-26(18-25)22-32-28-16-12-24(13-17-28)20-30(6-2)36-34-4/h5-18,31-32H,19-22H2,1-4H3. The maximum Gasteiger partial charge on any atom is 0.142 e. The Labute approximate surface area is 214 Å². The normalized spacial score (nSPS) is 11.8. The predicted octanol–water partition coefficient (Wildman–Crippen LogP) is 6.96. The molecule has 0 unspecified atom stereocenters. The molecule has 0 heterocycles. The quantitative estimate of drug-likeness (QED) is 0.145. The molecule has 190 valence electrons. The topological polar surface area (TPSA) is 61.0 Å². The van der Waals surface area contributed by atoms with E-state index in [1.165, 1.54) is 25.3 Å². The molecular weight excluding hydrogens is 452 g/mol. The maximum absolute atomic E-state index is 5.15. The summed E-state index contributed by atoms with van der Waals surface area (Å²) in [6.45, 7) is 5.38. The summed E-state index contributed by atoms with van der Waals surface area (Å²) in [5.41, 5.74) is 6.95. The molecule has 6 heteroatoms. The van der Waals surface area contributed by atoms with Gasteiger partial charge < -0.3 is 20.4 Å². The minimum Gasteiger partial charge on any atom is -0.381 e. The molecule has 2 N–H and O–H groups in total. The highest BCUT2D eigenvalue weighted by atomic mass is 17.2. The zero-order chi connectivity index (χ0) is 25.6. The van der Waals surface area contributed by atoms with Crippen LogP contribution in [0.4, 0.5) is 11.4 Å². The van der Waals surface area contributed by atoms with E-state index < -0.39 is 0 Å². The van der Waals surface area contributed by atoms with E-state index in [0.29, 0.717) is 12.8 Å². The van der Waals surface area contributed by atoms with Crippen molar-refractivity contribution in [2.45, 2.75) is 39.8 Å². The number of rotatable bonds is 14. The van der Waals surface area contributed by atoms with Gasteiger partial charge in [-0.15, -0.1) is 0 Å². The van der Waals surface area contributed by atoms with Gasteiger partial charge in [0.05, 0.1) is 14.2 Å². The first-order valence-electron chi connectivity index (χ1n) is 12.1. The number of hydrogen-bond acceptors (Lipinski definition) is 6. The van der Waals surface area contributed by atoms with Gasteiger partial charge in [-0.05, 0) is 72.5 Å². The molecule has 3 rings (SSSR count). The summed E-state index contributed by atoms with van der Waals surface area (Å²) in [7, 11) is 3.03. The molecule has 0 atom stereocenters. The minimum atomic E-state index is 0.696. The Bertz CT molecular complexity index is 1040. The van der Waals surface area contributed by atoms with Crippen LogP contribution in [-0.4, -0.2) is 14.2 Å². The monoisotopic (exact) mass is 488 g/mol. The first-order valence-corrected chi connectivity index (χ1v) is 12.1. The highest BCUT2D eigenvalue weighted by Crippen LogP contribution is 2.17. The van der Waals surface area contributed by atoms with Crippen LogP contribution < -0.4 is 10.6 Å². The van der Waals surface area contributed by atoms with Gasteiger partial charge in [-0.1, -0.05) is 48.5 Å². The van der Waals surface area contributed by atoms with Crippen molar-refractivity contribution in [2.75, 3.05) is 24.9 Å². The molecule has 3 aromatic carbocycles. The lowest BCUT2D eigenvalue weighted by Gasteiger charge is -2.11. The molecule has 0 aliphatic rings. The Morgan fingerprint density at radius 1 is 0.611 bits per heavy atom. The molecule has 0 aromatic heterocycles. The first kappa shape index (κ1) is 26.9. The van der Waals surface area contributed by atoms with Gasteiger partial charge in [0.2, 0.25) is 0 Å². The lowest BCUT2D eigenvalue weighted by atomic mass is 10.1. The van der Waals surface area contributed by atoms with Crippen molar-refractivity contribution in [1.29, 1.82) is 0 Å². The average Bonchev–Trinajstić information content (AvgIpc) is 2.92. The summed E-state index contributed by atoms with van der Waals surface area (Å²) in [6, 6.07) is 25.4. The van der Waals surface area contributed by atoms with E-state index in [4.69, 9.17) is 19.6 Å². The SMILES string of the molecule is CC=C(Cc1ccc(NCc2cccc(CNc3ccc(CC(=CC)OOC)cc3)c2)cc1)OOC. The first-order chi connectivity index (χ1) is 17.6. The molecule has 0 aliphatic heterocycles. The van der Waals surface area contributed by atoms with Crippen molar-refractivity contribution in [3.63, 3.8) is 0 Å². The summed E-state index contributed by atoms with van der Waals surface area (Å²) in [5, 5.41) is 7.00. The third-order valence-corrected chi connectivity index (χ3v) is 5.67. The molecule has 36 heavy (non-hydrogen) atoms. The van der Waals surface area contributed by atoms with Crippen molar-refractivity contribution < 1.29 is 19.6 Å². The molecule has 0 radical (unpaired) electrons. The second-order valence-electron chi connectivity index (χ2n) is 8.28.